The van der Waals surface area contributed by atoms with Gasteiger partial charge in [0.25, 0.3) is 0 Å². The number of phenolic OH excluding ortho intramolecular Hbond substituents is 1. The summed E-state index contributed by atoms with van der Waals surface area (Å²) in [4.78, 5) is 10.8. The molecule has 0 aliphatic carbocycles. The molecule has 0 spiro atoms. The molecule has 0 atom stereocenters. The van der Waals surface area contributed by atoms with E-state index in [9.17, 15) is 4.79 Å². The number of carbonyl (C=O) groups excluding carboxylic acids is 1. The van der Waals surface area contributed by atoms with Gasteiger partial charge in [-0.3, -0.25) is 0 Å². The van der Waals surface area contributed by atoms with Crippen LogP contribution in [0, 0.1) is 0 Å². The van der Waals surface area contributed by atoms with E-state index in [4.69, 9.17) is 5.11 Å². The lowest BCUT2D eigenvalue weighted by Gasteiger charge is -2.23. The average Bonchev–Trinajstić information content (AvgIpc) is 2.21. The molecule has 0 radical (unpaired) electrons. The number of carbonyl (C=O) groups is 1. The Bertz CT molecular complexity index is 324. The summed E-state index contributed by atoms with van der Waals surface area (Å²) in [6.07, 6.45) is 0. The monoisotopic (exact) mass is 192 g/mol. The zero-order valence-corrected chi connectivity index (χ0v) is 7.66. The Morgan fingerprint density at radius 2 is 1.71 bits per heavy atom. The van der Waals surface area contributed by atoms with E-state index in [1.165, 1.54) is 0 Å². The van der Waals surface area contributed by atoms with Gasteiger partial charge in [-0.05, 0) is 17.7 Å². The molecular formula is C10H12N2O2. The molecule has 1 fully saturated rings. The molecule has 0 unspecified atom stereocenters. The maximum Gasteiger partial charge on any atom is 0.314 e. The van der Waals surface area contributed by atoms with Gasteiger partial charge >= 0.3 is 6.03 Å². The van der Waals surface area contributed by atoms with Gasteiger partial charge in [0.2, 0.25) is 0 Å². The number of phenols is 1. The van der Waals surface area contributed by atoms with Crippen LogP contribution in [-0.4, -0.2) is 24.2 Å². The second-order valence-electron chi connectivity index (χ2n) is 3.38. The highest BCUT2D eigenvalue weighted by Crippen LogP contribution is 2.18. The molecule has 1 aliphatic rings. The Kier molecular flexibility index (Phi) is 2.26. The summed E-state index contributed by atoms with van der Waals surface area (Å²) in [5.74, 6) is 0.551. The molecule has 1 heterocycles. The van der Waals surface area contributed by atoms with Gasteiger partial charge in [0.1, 0.15) is 5.75 Å². The smallest absolute Gasteiger partial charge is 0.314 e. The molecule has 1 aliphatic heterocycles. The normalized spacial score (nSPS) is 17.3. The van der Waals surface area contributed by atoms with Crippen molar-refractivity contribution < 1.29 is 9.90 Å². The maximum absolute atomic E-state index is 10.8. The van der Waals surface area contributed by atoms with Crippen molar-refractivity contribution in [3.8, 4) is 5.75 Å². The Morgan fingerprint density at radius 3 is 2.29 bits per heavy atom. The fourth-order valence-electron chi connectivity index (χ4n) is 1.55. The average molecular weight is 192 g/mol. The minimum Gasteiger partial charge on any atom is -0.508 e. The summed E-state index contributed by atoms with van der Waals surface area (Å²) in [7, 11) is 0. The van der Waals surface area contributed by atoms with Crippen molar-refractivity contribution in [3.05, 3.63) is 29.8 Å². The van der Waals surface area contributed by atoms with E-state index in [1.807, 2.05) is 12.1 Å². The topological polar surface area (TPSA) is 61.4 Å². The van der Waals surface area contributed by atoms with Crippen molar-refractivity contribution >= 4 is 6.03 Å². The first kappa shape index (κ1) is 8.87. The van der Waals surface area contributed by atoms with Crippen LogP contribution in [-0.2, 0) is 0 Å². The largest absolute Gasteiger partial charge is 0.508 e. The third-order valence-electron chi connectivity index (χ3n) is 2.38. The predicted molar refractivity (Wildman–Crippen MR) is 52.2 cm³/mol. The first-order valence-electron chi connectivity index (χ1n) is 4.56. The van der Waals surface area contributed by atoms with Gasteiger partial charge in [-0.2, -0.15) is 0 Å². The second-order valence-corrected chi connectivity index (χ2v) is 3.38. The van der Waals surface area contributed by atoms with Gasteiger partial charge in [0.05, 0.1) is 0 Å². The molecular weight excluding hydrogens is 180 g/mol. The lowest BCUT2D eigenvalue weighted by atomic mass is 9.98. The molecule has 1 aromatic carbocycles. The van der Waals surface area contributed by atoms with Crippen LogP contribution in [0.5, 0.6) is 5.75 Å². The highest BCUT2D eigenvalue weighted by molar-refractivity contribution is 5.74. The fraction of sp³-hybridized carbons (Fsp3) is 0.300. The summed E-state index contributed by atoms with van der Waals surface area (Å²) in [5, 5.41) is 14.6. The van der Waals surface area contributed by atoms with E-state index in [-0.39, 0.29) is 17.7 Å². The lowest BCUT2D eigenvalue weighted by molar-refractivity contribution is 0.234. The van der Waals surface area contributed by atoms with E-state index < -0.39 is 0 Å². The number of benzene rings is 1. The maximum atomic E-state index is 10.8. The summed E-state index contributed by atoms with van der Waals surface area (Å²) in [5.41, 5.74) is 1.12. The second kappa shape index (κ2) is 3.57. The zero-order chi connectivity index (χ0) is 9.97. The van der Waals surface area contributed by atoms with Gasteiger partial charge in [0.15, 0.2) is 0 Å². The van der Waals surface area contributed by atoms with Crippen molar-refractivity contribution in [2.24, 2.45) is 0 Å². The van der Waals surface area contributed by atoms with E-state index in [2.05, 4.69) is 10.6 Å². The Morgan fingerprint density at radius 1 is 1.14 bits per heavy atom. The van der Waals surface area contributed by atoms with Gasteiger partial charge in [-0.25, -0.2) is 4.79 Å². The zero-order valence-electron chi connectivity index (χ0n) is 7.66. The van der Waals surface area contributed by atoms with Crippen LogP contribution in [0.2, 0.25) is 0 Å². The Labute approximate surface area is 81.9 Å². The Hall–Kier alpha value is -1.71. The summed E-state index contributed by atoms with van der Waals surface area (Å²) < 4.78 is 0. The Balaban J connectivity index is 2.08. The van der Waals surface area contributed by atoms with Crippen molar-refractivity contribution in [1.29, 1.82) is 0 Å². The molecule has 4 nitrogen and oxygen atoms in total. The number of hydrogen-bond donors (Lipinski definition) is 3. The molecule has 0 bridgehead atoms. The number of hydrogen-bond acceptors (Lipinski definition) is 2. The van der Waals surface area contributed by atoms with Crippen LogP contribution in [0.4, 0.5) is 4.79 Å². The third kappa shape index (κ3) is 1.79. The van der Waals surface area contributed by atoms with Gasteiger partial charge in [-0.15, -0.1) is 0 Å². The highest BCUT2D eigenvalue weighted by atomic mass is 16.3. The van der Waals surface area contributed by atoms with Crippen molar-refractivity contribution in [2.45, 2.75) is 5.92 Å². The van der Waals surface area contributed by atoms with E-state index >= 15 is 0 Å². The predicted octanol–water partition coefficient (Wildman–Crippen LogP) is 0.789. The third-order valence-corrected chi connectivity index (χ3v) is 2.38. The first-order valence-corrected chi connectivity index (χ1v) is 4.56. The molecule has 1 aromatic rings. The standard InChI is InChI=1S/C10H12N2O2/c13-9-3-1-7(2-4-9)8-5-11-10(14)12-6-8/h1-4,8,13H,5-6H2,(H2,11,12,14). The molecule has 2 rings (SSSR count). The summed E-state index contributed by atoms with van der Waals surface area (Å²) >= 11 is 0. The number of urea groups is 1. The van der Waals surface area contributed by atoms with Crippen LogP contribution in [0.3, 0.4) is 0 Å². The van der Waals surface area contributed by atoms with E-state index in [0.717, 1.165) is 5.56 Å². The summed E-state index contributed by atoms with van der Waals surface area (Å²) in [6.45, 7) is 1.30. The van der Waals surface area contributed by atoms with Crippen LogP contribution in [0.15, 0.2) is 24.3 Å². The number of nitrogens with one attached hydrogen (secondary N) is 2. The van der Waals surface area contributed by atoms with Crippen molar-refractivity contribution in [3.63, 3.8) is 0 Å². The van der Waals surface area contributed by atoms with Crippen LogP contribution in [0.25, 0.3) is 0 Å². The van der Waals surface area contributed by atoms with Gasteiger partial charge < -0.3 is 15.7 Å². The SMILES string of the molecule is O=C1NCC(c2ccc(O)cc2)CN1. The van der Waals surface area contributed by atoms with Crippen molar-refractivity contribution in [1.82, 2.24) is 10.6 Å². The first-order chi connectivity index (χ1) is 6.75. The summed E-state index contributed by atoms with van der Waals surface area (Å²) in [6, 6.07) is 6.95. The fourth-order valence-corrected chi connectivity index (χ4v) is 1.55. The van der Waals surface area contributed by atoms with E-state index in [1.54, 1.807) is 12.1 Å². The van der Waals surface area contributed by atoms with Gasteiger partial charge in [-0.1, -0.05) is 12.1 Å². The molecule has 1 saturated heterocycles. The number of aromatic hydroxyl groups is 1. The molecule has 74 valence electrons. The molecule has 0 saturated carbocycles. The molecule has 4 heteroatoms. The molecule has 14 heavy (non-hydrogen) atoms. The van der Waals surface area contributed by atoms with Crippen LogP contribution >= 0.6 is 0 Å². The molecule has 2 amide bonds. The van der Waals surface area contributed by atoms with E-state index in [0.29, 0.717) is 13.1 Å². The van der Waals surface area contributed by atoms with Gasteiger partial charge in [0, 0.05) is 19.0 Å². The lowest BCUT2D eigenvalue weighted by Crippen LogP contribution is -2.46. The van der Waals surface area contributed by atoms with Crippen LogP contribution in [0.1, 0.15) is 11.5 Å². The van der Waals surface area contributed by atoms with Crippen LogP contribution < -0.4 is 10.6 Å². The minimum absolute atomic E-state index is 0.111. The number of rotatable bonds is 1. The molecule has 0 aromatic heterocycles. The minimum atomic E-state index is -0.111. The molecule has 3 N–H and O–H groups in total. The van der Waals surface area contributed by atoms with Crippen molar-refractivity contribution in [2.75, 3.05) is 13.1 Å². The highest BCUT2D eigenvalue weighted by Gasteiger charge is 2.18. The number of amides is 2. The quantitative estimate of drug-likeness (QED) is 0.616.